The Morgan fingerprint density at radius 3 is 2.69 bits per heavy atom. The highest BCUT2D eigenvalue weighted by molar-refractivity contribution is 6.07. The standard InChI is InChI=1S/C27H29FN4O4/c28-21-6-3-5-19(17-21)9-10-24(33)31-14-11-20(12-15-31)27(23-8-1-2-13-29-23)25(34)32(26(35)30-27)18-22-7-4-16-36-22/h1-3,5-6,8-10,13,17,20,22H,4,7,11-12,14-16,18H2,(H,30,35)/b10-9+/t22-,27+/m0/s1. The van der Waals surface area contributed by atoms with Crippen molar-refractivity contribution in [3.63, 3.8) is 0 Å². The van der Waals surface area contributed by atoms with Gasteiger partial charge in [0.05, 0.1) is 18.3 Å². The van der Waals surface area contributed by atoms with Crippen LogP contribution in [0.4, 0.5) is 9.18 Å². The predicted molar refractivity (Wildman–Crippen MR) is 130 cm³/mol. The summed E-state index contributed by atoms with van der Waals surface area (Å²) in [5, 5.41) is 2.99. The molecule has 1 N–H and O–H groups in total. The lowest BCUT2D eigenvalue weighted by Crippen LogP contribution is -2.54. The quantitative estimate of drug-likeness (QED) is 0.494. The second-order valence-electron chi connectivity index (χ2n) is 9.49. The number of hydrogen-bond donors (Lipinski definition) is 1. The Bertz CT molecular complexity index is 1160. The average Bonchev–Trinajstić information content (AvgIpc) is 3.51. The topological polar surface area (TPSA) is 91.8 Å². The Balaban J connectivity index is 1.32. The summed E-state index contributed by atoms with van der Waals surface area (Å²) in [6.45, 7) is 1.72. The molecule has 0 spiro atoms. The maximum Gasteiger partial charge on any atom is 0.325 e. The number of carbonyl (C=O) groups excluding carboxylic acids is 3. The third-order valence-electron chi connectivity index (χ3n) is 7.30. The third kappa shape index (κ3) is 4.63. The van der Waals surface area contributed by atoms with E-state index in [9.17, 15) is 18.8 Å². The first-order valence-corrected chi connectivity index (χ1v) is 12.4. The zero-order valence-corrected chi connectivity index (χ0v) is 19.9. The molecule has 188 valence electrons. The van der Waals surface area contributed by atoms with Crippen LogP contribution < -0.4 is 5.32 Å². The molecule has 36 heavy (non-hydrogen) atoms. The fourth-order valence-corrected chi connectivity index (χ4v) is 5.42. The van der Waals surface area contributed by atoms with Crippen molar-refractivity contribution in [3.05, 3.63) is 71.8 Å². The van der Waals surface area contributed by atoms with Gasteiger partial charge in [-0.1, -0.05) is 18.2 Å². The Morgan fingerprint density at radius 2 is 2.00 bits per heavy atom. The summed E-state index contributed by atoms with van der Waals surface area (Å²) in [5.74, 6) is -1.07. The van der Waals surface area contributed by atoms with E-state index >= 15 is 0 Å². The average molecular weight is 493 g/mol. The van der Waals surface area contributed by atoms with Gasteiger partial charge in [-0.25, -0.2) is 9.18 Å². The molecule has 3 aliphatic rings. The molecule has 0 unspecified atom stereocenters. The fraction of sp³-hybridized carbons (Fsp3) is 0.407. The van der Waals surface area contributed by atoms with Gasteiger partial charge < -0.3 is 15.0 Å². The smallest absolute Gasteiger partial charge is 0.325 e. The predicted octanol–water partition coefficient (Wildman–Crippen LogP) is 3.10. The van der Waals surface area contributed by atoms with Crippen molar-refractivity contribution >= 4 is 23.9 Å². The van der Waals surface area contributed by atoms with Crippen molar-refractivity contribution in [2.24, 2.45) is 5.92 Å². The number of benzene rings is 1. The van der Waals surface area contributed by atoms with E-state index in [-0.39, 0.29) is 36.2 Å². The number of piperidine rings is 1. The zero-order chi connectivity index (χ0) is 25.1. The molecule has 3 fully saturated rings. The third-order valence-corrected chi connectivity index (χ3v) is 7.30. The lowest BCUT2D eigenvalue weighted by Gasteiger charge is -2.40. The van der Waals surface area contributed by atoms with Crippen LogP contribution in [0.5, 0.6) is 0 Å². The number of nitrogens with one attached hydrogen (secondary N) is 1. The highest BCUT2D eigenvalue weighted by Crippen LogP contribution is 2.41. The molecule has 9 heteroatoms. The van der Waals surface area contributed by atoms with Gasteiger partial charge in [-0.15, -0.1) is 0 Å². The molecule has 0 bridgehead atoms. The van der Waals surface area contributed by atoms with E-state index in [2.05, 4.69) is 10.3 Å². The van der Waals surface area contributed by atoms with E-state index in [1.165, 1.54) is 23.1 Å². The van der Waals surface area contributed by atoms with Crippen LogP contribution in [0, 0.1) is 11.7 Å². The minimum atomic E-state index is -1.27. The number of pyridine rings is 1. The van der Waals surface area contributed by atoms with Crippen LogP contribution in [0.15, 0.2) is 54.7 Å². The highest BCUT2D eigenvalue weighted by atomic mass is 19.1. The van der Waals surface area contributed by atoms with Gasteiger partial charge in [-0.05, 0) is 61.6 Å². The summed E-state index contributed by atoms with van der Waals surface area (Å²) in [7, 11) is 0. The van der Waals surface area contributed by atoms with Gasteiger partial charge in [-0.2, -0.15) is 0 Å². The molecule has 3 saturated heterocycles. The lowest BCUT2D eigenvalue weighted by molar-refractivity contribution is -0.136. The van der Waals surface area contributed by atoms with Gasteiger partial charge in [0, 0.05) is 37.9 Å². The number of likely N-dealkylation sites (tertiary alicyclic amines) is 1. The summed E-state index contributed by atoms with van der Waals surface area (Å²) < 4.78 is 19.1. The van der Waals surface area contributed by atoms with Gasteiger partial charge in [0.2, 0.25) is 5.91 Å². The normalized spacial score (nSPS) is 25.1. The SMILES string of the molecule is O=C(/C=C/c1cccc(F)c1)N1CCC([C@]2(c3ccccn3)NC(=O)N(C[C@@H]3CCCO3)C2=O)CC1. The number of ether oxygens (including phenoxy) is 1. The monoisotopic (exact) mass is 492 g/mol. The number of halogens is 1. The van der Waals surface area contributed by atoms with Crippen LogP contribution in [0.25, 0.3) is 6.08 Å². The summed E-state index contributed by atoms with van der Waals surface area (Å²) in [6, 6.07) is 11.0. The van der Waals surface area contributed by atoms with Crippen molar-refractivity contribution in [1.29, 1.82) is 0 Å². The Hall–Kier alpha value is -3.59. The molecule has 5 rings (SSSR count). The van der Waals surface area contributed by atoms with E-state index in [0.29, 0.717) is 43.8 Å². The molecule has 2 aromatic rings. The minimum Gasteiger partial charge on any atom is -0.376 e. The van der Waals surface area contributed by atoms with Gasteiger partial charge in [0.15, 0.2) is 5.54 Å². The fourth-order valence-electron chi connectivity index (χ4n) is 5.42. The van der Waals surface area contributed by atoms with Crippen LogP contribution in [0.1, 0.15) is 36.9 Å². The van der Waals surface area contributed by atoms with E-state index in [0.717, 1.165) is 12.8 Å². The molecule has 4 heterocycles. The second kappa shape index (κ2) is 10.2. The van der Waals surface area contributed by atoms with Crippen molar-refractivity contribution in [2.75, 3.05) is 26.2 Å². The summed E-state index contributed by atoms with van der Waals surface area (Å²) in [4.78, 5) is 47.1. The first-order chi connectivity index (χ1) is 17.5. The van der Waals surface area contributed by atoms with Crippen LogP contribution in [0.3, 0.4) is 0 Å². The maximum absolute atomic E-state index is 13.9. The van der Waals surface area contributed by atoms with E-state index in [1.54, 1.807) is 41.4 Å². The Kier molecular flexibility index (Phi) is 6.82. The summed E-state index contributed by atoms with van der Waals surface area (Å²) >= 11 is 0. The van der Waals surface area contributed by atoms with Crippen LogP contribution >= 0.6 is 0 Å². The second-order valence-corrected chi connectivity index (χ2v) is 9.49. The Morgan fingerprint density at radius 1 is 1.17 bits per heavy atom. The van der Waals surface area contributed by atoms with Crippen molar-refractivity contribution < 1.29 is 23.5 Å². The molecular formula is C27H29FN4O4. The van der Waals surface area contributed by atoms with Gasteiger partial charge in [0.1, 0.15) is 5.82 Å². The Labute approximate surface area is 209 Å². The number of carbonyl (C=O) groups is 3. The molecule has 2 atom stereocenters. The molecule has 8 nitrogen and oxygen atoms in total. The molecule has 0 saturated carbocycles. The van der Waals surface area contributed by atoms with Crippen molar-refractivity contribution in [1.82, 2.24) is 20.1 Å². The number of imide groups is 1. The molecular weight excluding hydrogens is 463 g/mol. The van der Waals surface area contributed by atoms with E-state index in [4.69, 9.17) is 4.74 Å². The van der Waals surface area contributed by atoms with Gasteiger partial charge in [-0.3, -0.25) is 19.5 Å². The van der Waals surface area contributed by atoms with Crippen LogP contribution in [-0.4, -0.2) is 65.0 Å². The largest absolute Gasteiger partial charge is 0.376 e. The molecule has 1 aromatic carbocycles. The lowest BCUT2D eigenvalue weighted by atomic mass is 9.75. The number of amides is 4. The van der Waals surface area contributed by atoms with E-state index in [1.807, 2.05) is 6.07 Å². The number of nitrogens with zero attached hydrogens (tertiary/aromatic N) is 3. The molecule has 0 radical (unpaired) electrons. The first kappa shape index (κ1) is 24.1. The van der Waals surface area contributed by atoms with Crippen LogP contribution in [-0.2, 0) is 19.9 Å². The van der Waals surface area contributed by atoms with E-state index < -0.39 is 11.6 Å². The zero-order valence-electron chi connectivity index (χ0n) is 19.9. The minimum absolute atomic E-state index is 0.149. The van der Waals surface area contributed by atoms with Gasteiger partial charge in [0.25, 0.3) is 5.91 Å². The summed E-state index contributed by atoms with van der Waals surface area (Å²) in [5.41, 5.74) is -0.157. The maximum atomic E-state index is 13.9. The van der Waals surface area contributed by atoms with Crippen LogP contribution in [0.2, 0.25) is 0 Å². The highest BCUT2D eigenvalue weighted by Gasteiger charge is 2.58. The number of hydrogen-bond acceptors (Lipinski definition) is 5. The van der Waals surface area contributed by atoms with Crippen molar-refractivity contribution in [3.8, 4) is 0 Å². The first-order valence-electron chi connectivity index (χ1n) is 12.4. The molecule has 0 aliphatic carbocycles. The molecule has 1 aromatic heterocycles. The number of aromatic nitrogens is 1. The molecule has 4 amide bonds. The van der Waals surface area contributed by atoms with Crippen molar-refractivity contribution in [2.45, 2.75) is 37.3 Å². The number of rotatable bonds is 6. The molecule has 3 aliphatic heterocycles. The number of urea groups is 1. The summed E-state index contributed by atoms with van der Waals surface area (Å²) in [6.07, 6.45) is 7.29. The van der Waals surface area contributed by atoms with Gasteiger partial charge >= 0.3 is 6.03 Å².